The van der Waals surface area contributed by atoms with Gasteiger partial charge in [-0.15, -0.1) is 0 Å². The highest BCUT2D eigenvalue weighted by Gasteiger charge is 2.31. The summed E-state index contributed by atoms with van der Waals surface area (Å²) in [5, 5.41) is 2.61. The van der Waals surface area contributed by atoms with Crippen LogP contribution in [0.25, 0.3) is 16.9 Å². The molecule has 32 heavy (non-hydrogen) atoms. The maximum atomic E-state index is 12.9. The van der Waals surface area contributed by atoms with Gasteiger partial charge in [0.05, 0.1) is 11.1 Å². The Morgan fingerprint density at radius 3 is 1.91 bits per heavy atom. The summed E-state index contributed by atoms with van der Waals surface area (Å²) < 4.78 is 78.5. The van der Waals surface area contributed by atoms with Crippen LogP contribution >= 0.6 is 0 Å². The van der Waals surface area contributed by atoms with E-state index in [1.165, 1.54) is 16.5 Å². The summed E-state index contributed by atoms with van der Waals surface area (Å²) in [5.41, 5.74) is -0.795. The number of aromatic nitrogens is 2. The third-order valence-electron chi connectivity index (χ3n) is 4.72. The molecule has 2 heterocycles. The number of halogens is 6. The fourth-order valence-electron chi connectivity index (χ4n) is 3.12. The molecule has 0 saturated carbocycles. The predicted molar refractivity (Wildman–Crippen MR) is 105 cm³/mol. The Hall–Kier alpha value is -3.82. The van der Waals surface area contributed by atoms with E-state index in [4.69, 9.17) is 0 Å². The second kappa shape index (κ2) is 7.70. The van der Waals surface area contributed by atoms with Gasteiger partial charge in [-0.1, -0.05) is 18.2 Å². The van der Waals surface area contributed by atoms with Gasteiger partial charge in [0.15, 0.2) is 0 Å². The Kier molecular flexibility index (Phi) is 5.15. The summed E-state index contributed by atoms with van der Waals surface area (Å²) in [6.45, 7) is 0. The van der Waals surface area contributed by atoms with Gasteiger partial charge < -0.3 is 5.32 Å². The molecule has 0 fully saturated rings. The summed E-state index contributed by atoms with van der Waals surface area (Å²) in [7, 11) is 0. The monoisotopic (exact) mass is 449 g/mol. The maximum absolute atomic E-state index is 12.9. The molecule has 0 bridgehead atoms. The lowest BCUT2D eigenvalue weighted by molar-refractivity contribution is -0.138. The van der Waals surface area contributed by atoms with Crippen LogP contribution in [0.1, 0.15) is 21.5 Å². The van der Waals surface area contributed by atoms with Crippen molar-refractivity contribution in [1.82, 2.24) is 9.38 Å². The SMILES string of the molecule is O=C(Nc1c(-c2ccc(C(F)(F)F)cc2)nc2ccccn12)c1ccc(C(F)(F)F)cc1. The van der Waals surface area contributed by atoms with Gasteiger partial charge in [-0.2, -0.15) is 26.3 Å². The van der Waals surface area contributed by atoms with Crippen LogP contribution in [0.3, 0.4) is 0 Å². The molecule has 0 spiro atoms. The van der Waals surface area contributed by atoms with Gasteiger partial charge in [0.1, 0.15) is 17.2 Å². The van der Waals surface area contributed by atoms with E-state index in [9.17, 15) is 31.1 Å². The van der Waals surface area contributed by atoms with Crippen molar-refractivity contribution in [2.24, 2.45) is 0 Å². The summed E-state index contributed by atoms with van der Waals surface area (Å²) >= 11 is 0. The molecule has 4 rings (SSSR count). The Bertz CT molecular complexity index is 1270. The Morgan fingerprint density at radius 2 is 1.34 bits per heavy atom. The van der Waals surface area contributed by atoms with E-state index in [1.807, 2.05) is 0 Å². The van der Waals surface area contributed by atoms with Gasteiger partial charge in [0, 0.05) is 17.3 Å². The minimum Gasteiger partial charge on any atom is -0.306 e. The van der Waals surface area contributed by atoms with Crippen LogP contribution in [0.5, 0.6) is 0 Å². The third-order valence-corrected chi connectivity index (χ3v) is 4.72. The molecule has 0 aliphatic rings. The van der Waals surface area contributed by atoms with Crippen LogP contribution < -0.4 is 5.32 Å². The van der Waals surface area contributed by atoms with Crippen LogP contribution in [-0.2, 0) is 12.4 Å². The Balaban J connectivity index is 1.71. The lowest BCUT2D eigenvalue weighted by atomic mass is 10.1. The molecule has 164 valence electrons. The van der Waals surface area contributed by atoms with Crippen molar-refractivity contribution in [3.8, 4) is 11.3 Å². The van der Waals surface area contributed by atoms with Crippen LogP contribution in [0.4, 0.5) is 32.2 Å². The van der Waals surface area contributed by atoms with Crippen LogP contribution in [0, 0.1) is 0 Å². The number of anilines is 1. The molecule has 2 aromatic carbocycles. The summed E-state index contributed by atoms with van der Waals surface area (Å²) in [4.78, 5) is 17.1. The number of nitrogens with one attached hydrogen (secondary N) is 1. The molecule has 2 aromatic heterocycles. The van der Waals surface area contributed by atoms with Gasteiger partial charge in [0.2, 0.25) is 0 Å². The fraction of sp³-hybridized carbons (Fsp3) is 0.0909. The zero-order chi connectivity index (χ0) is 23.1. The molecule has 0 aliphatic heterocycles. The Morgan fingerprint density at radius 1 is 0.781 bits per heavy atom. The minimum atomic E-state index is -4.54. The van der Waals surface area contributed by atoms with Crippen molar-refractivity contribution in [3.63, 3.8) is 0 Å². The molecule has 4 nitrogen and oxygen atoms in total. The van der Waals surface area contributed by atoms with Crippen molar-refractivity contribution in [1.29, 1.82) is 0 Å². The summed E-state index contributed by atoms with van der Waals surface area (Å²) in [6, 6.07) is 12.9. The number of imidazole rings is 1. The van der Waals surface area contributed by atoms with Crippen molar-refractivity contribution in [2.75, 3.05) is 5.32 Å². The van der Waals surface area contributed by atoms with Crippen molar-refractivity contribution in [2.45, 2.75) is 12.4 Å². The zero-order valence-corrected chi connectivity index (χ0v) is 16.0. The molecule has 0 saturated heterocycles. The second-order valence-corrected chi connectivity index (χ2v) is 6.84. The van der Waals surface area contributed by atoms with E-state index in [1.54, 1.807) is 24.4 Å². The molecule has 0 unspecified atom stereocenters. The first kappa shape index (κ1) is 21.4. The molecular weight excluding hydrogens is 436 g/mol. The highest BCUT2D eigenvalue weighted by Crippen LogP contribution is 2.34. The predicted octanol–water partition coefficient (Wildman–Crippen LogP) is 6.29. The van der Waals surface area contributed by atoms with Gasteiger partial charge in [-0.05, 0) is 48.5 Å². The highest BCUT2D eigenvalue weighted by atomic mass is 19.4. The smallest absolute Gasteiger partial charge is 0.306 e. The average Bonchev–Trinajstić information content (AvgIpc) is 3.11. The van der Waals surface area contributed by atoms with E-state index in [0.29, 0.717) is 11.2 Å². The number of hydrogen-bond acceptors (Lipinski definition) is 2. The number of hydrogen-bond donors (Lipinski definition) is 1. The van der Waals surface area contributed by atoms with E-state index < -0.39 is 29.4 Å². The molecule has 4 aromatic rings. The first-order chi connectivity index (χ1) is 15.0. The lowest BCUT2D eigenvalue weighted by Crippen LogP contribution is -2.14. The van der Waals surface area contributed by atoms with Crippen molar-refractivity contribution >= 4 is 17.4 Å². The van der Waals surface area contributed by atoms with E-state index >= 15 is 0 Å². The van der Waals surface area contributed by atoms with Crippen LogP contribution in [-0.4, -0.2) is 15.3 Å². The van der Waals surface area contributed by atoms with Crippen LogP contribution in [0.15, 0.2) is 72.9 Å². The summed E-state index contributed by atoms with van der Waals surface area (Å²) in [6.07, 6.45) is -7.44. The van der Waals surface area contributed by atoms with Gasteiger partial charge in [-0.25, -0.2) is 4.98 Å². The molecule has 10 heteroatoms. The van der Waals surface area contributed by atoms with Crippen molar-refractivity contribution < 1.29 is 31.1 Å². The molecule has 0 atom stereocenters. The fourth-order valence-corrected chi connectivity index (χ4v) is 3.12. The number of carbonyl (C=O) groups excluding carboxylic acids is 1. The number of rotatable bonds is 3. The lowest BCUT2D eigenvalue weighted by Gasteiger charge is -2.10. The molecule has 1 N–H and O–H groups in total. The zero-order valence-electron chi connectivity index (χ0n) is 16.0. The number of alkyl halides is 6. The second-order valence-electron chi connectivity index (χ2n) is 6.84. The number of carbonyl (C=O) groups is 1. The minimum absolute atomic E-state index is 0.0257. The van der Waals surface area contributed by atoms with Gasteiger partial charge in [0.25, 0.3) is 5.91 Å². The largest absolute Gasteiger partial charge is 0.416 e. The number of amides is 1. The quantitative estimate of drug-likeness (QED) is 0.374. The Labute approximate surface area is 177 Å². The third kappa shape index (κ3) is 4.16. The first-order valence-electron chi connectivity index (χ1n) is 9.17. The number of pyridine rings is 1. The summed E-state index contributed by atoms with van der Waals surface area (Å²) in [5.74, 6) is -0.525. The normalized spacial score (nSPS) is 12.2. The highest BCUT2D eigenvalue weighted by molar-refractivity contribution is 6.05. The molecule has 0 radical (unpaired) electrons. The van der Waals surface area contributed by atoms with Crippen LogP contribution in [0.2, 0.25) is 0 Å². The van der Waals surface area contributed by atoms with E-state index in [0.717, 1.165) is 36.4 Å². The average molecular weight is 449 g/mol. The van der Waals surface area contributed by atoms with E-state index in [2.05, 4.69) is 10.3 Å². The molecule has 0 aliphatic carbocycles. The van der Waals surface area contributed by atoms with E-state index in [-0.39, 0.29) is 17.1 Å². The topological polar surface area (TPSA) is 46.4 Å². The first-order valence-corrected chi connectivity index (χ1v) is 9.17. The number of fused-ring (bicyclic) bond motifs is 1. The molecular formula is C22H13F6N3O. The molecule has 1 amide bonds. The maximum Gasteiger partial charge on any atom is 0.416 e. The van der Waals surface area contributed by atoms with Gasteiger partial charge in [-0.3, -0.25) is 9.20 Å². The standard InChI is InChI=1S/C22H13F6N3O/c23-21(24,25)15-8-4-13(5-9-15)18-19(31-12-2-1-3-17(31)29-18)30-20(32)14-6-10-16(11-7-14)22(26,27)28/h1-12H,(H,30,32). The number of nitrogens with zero attached hydrogens (tertiary/aromatic N) is 2. The van der Waals surface area contributed by atoms with Crippen molar-refractivity contribution in [3.05, 3.63) is 89.6 Å². The van der Waals surface area contributed by atoms with Gasteiger partial charge >= 0.3 is 12.4 Å². The number of benzene rings is 2.